The number of ether oxygens (including phenoxy) is 1. The van der Waals surface area contributed by atoms with Gasteiger partial charge >= 0.3 is 0 Å². The zero-order chi connectivity index (χ0) is 33.0. The van der Waals surface area contributed by atoms with Crippen LogP contribution in [0.15, 0.2) is 108 Å². The van der Waals surface area contributed by atoms with Crippen molar-refractivity contribution in [2.45, 2.75) is 43.3 Å². The normalized spacial score (nSPS) is 19.8. The summed E-state index contributed by atoms with van der Waals surface area (Å²) in [5, 5.41) is 0.116. The van der Waals surface area contributed by atoms with Crippen LogP contribution in [0.5, 0.6) is 5.75 Å². The lowest BCUT2D eigenvalue weighted by molar-refractivity contribution is 0.0500. The number of piperidine rings is 1. The SMILES string of the molecule is COc1c(N2CC3CCCN(C(c4ccccc4)(c4ccccc4)c4ccccc4)C3C2)c(F)cc2c(=O)c(C(N)=O)cn(C3CC3)c12. The highest BCUT2D eigenvalue weighted by Crippen LogP contribution is 2.50. The minimum atomic E-state index is -0.817. The number of primary amides is 1. The number of hydrogen-bond acceptors (Lipinski definition) is 5. The number of methoxy groups -OCH3 is 1. The Labute approximate surface area is 279 Å². The third kappa shape index (κ3) is 4.72. The third-order valence-corrected chi connectivity index (χ3v) is 10.7. The van der Waals surface area contributed by atoms with Gasteiger partial charge in [-0.1, -0.05) is 91.0 Å². The Morgan fingerprint density at radius 3 is 1.98 bits per heavy atom. The van der Waals surface area contributed by atoms with Gasteiger partial charge in [0.1, 0.15) is 11.3 Å². The van der Waals surface area contributed by atoms with E-state index >= 15 is 4.39 Å². The van der Waals surface area contributed by atoms with E-state index in [2.05, 4.69) is 101 Å². The molecule has 8 heteroatoms. The van der Waals surface area contributed by atoms with Gasteiger partial charge in [-0.05, 0) is 54.4 Å². The molecular weight excluding hydrogens is 603 g/mol. The summed E-state index contributed by atoms with van der Waals surface area (Å²) in [6.45, 7) is 2.12. The van der Waals surface area contributed by atoms with Gasteiger partial charge in [0.15, 0.2) is 11.6 Å². The lowest BCUT2D eigenvalue weighted by Crippen LogP contribution is -2.57. The van der Waals surface area contributed by atoms with E-state index in [4.69, 9.17) is 10.5 Å². The molecule has 0 radical (unpaired) electrons. The van der Waals surface area contributed by atoms with Gasteiger partial charge in [0.25, 0.3) is 5.91 Å². The molecule has 1 saturated carbocycles. The highest BCUT2D eigenvalue weighted by Gasteiger charge is 2.51. The molecule has 244 valence electrons. The summed E-state index contributed by atoms with van der Waals surface area (Å²) in [4.78, 5) is 30.4. The van der Waals surface area contributed by atoms with Gasteiger partial charge in [-0.3, -0.25) is 14.5 Å². The van der Waals surface area contributed by atoms with Crippen LogP contribution in [0.2, 0.25) is 0 Å². The number of likely N-dealkylation sites (tertiary alicyclic amines) is 1. The van der Waals surface area contributed by atoms with Gasteiger partial charge in [-0.15, -0.1) is 0 Å². The van der Waals surface area contributed by atoms with Crippen LogP contribution >= 0.6 is 0 Å². The fraction of sp³-hybridized carbons (Fsp3) is 0.300. The number of carbonyl (C=O) groups excluding carboxylic acids is 1. The zero-order valence-corrected chi connectivity index (χ0v) is 27.0. The highest BCUT2D eigenvalue weighted by atomic mass is 19.1. The Bertz CT molecular complexity index is 1950. The minimum Gasteiger partial charge on any atom is -0.492 e. The van der Waals surface area contributed by atoms with Gasteiger partial charge < -0.3 is 19.9 Å². The number of fused-ring (bicyclic) bond motifs is 2. The molecule has 2 N–H and O–H groups in total. The van der Waals surface area contributed by atoms with Crippen molar-refractivity contribution >= 4 is 22.5 Å². The molecule has 2 saturated heterocycles. The molecule has 1 amide bonds. The first-order chi connectivity index (χ1) is 23.4. The van der Waals surface area contributed by atoms with E-state index in [-0.39, 0.29) is 29.0 Å². The minimum absolute atomic E-state index is 0.0956. The van der Waals surface area contributed by atoms with Gasteiger partial charge in [-0.25, -0.2) is 4.39 Å². The molecular formula is C40H39FN4O3. The highest BCUT2D eigenvalue weighted by molar-refractivity contribution is 5.99. The van der Waals surface area contributed by atoms with Crippen LogP contribution < -0.4 is 20.8 Å². The summed E-state index contributed by atoms with van der Waals surface area (Å²) in [7, 11) is 1.53. The molecule has 2 aliphatic heterocycles. The predicted octanol–water partition coefficient (Wildman–Crippen LogP) is 6.48. The van der Waals surface area contributed by atoms with Crippen molar-refractivity contribution in [3.05, 3.63) is 142 Å². The fourth-order valence-electron chi connectivity index (χ4n) is 8.56. The summed E-state index contributed by atoms with van der Waals surface area (Å²) in [6.07, 6.45) is 5.37. The summed E-state index contributed by atoms with van der Waals surface area (Å²) in [5.41, 5.74) is 8.76. The molecule has 4 aromatic carbocycles. The molecule has 5 aromatic rings. The van der Waals surface area contributed by atoms with E-state index in [9.17, 15) is 9.59 Å². The average Bonchev–Trinajstić information content (AvgIpc) is 3.87. The molecule has 2 atom stereocenters. The van der Waals surface area contributed by atoms with Crippen LogP contribution in [0, 0.1) is 11.7 Å². The van der Waals surface area contributed by atoms with Crippen molar-refractivity contribution in [1.82, 2.24) is 9.47 Å². The number of pyridine rings is 1. The number of anilines is 1. The van der Waals surface area contributed by atoms with E-state index in [1.165, 1.54) is 36.1 Å². The third-order valence-electron chi connectivity index (χ3n) is 10.7. The number of nitrogens with two attached hydrogens (primary N) is 1. The van der Waals surface area contributed by atoms with E-state index in [0.29, 0.717) is 30.0 Å². The van der Waals surface area contributed by atoms with Gasteiger partial charge in [-0.2, -0.15) is 0 Å². The zero-order valence-electron chi connectivity index (χ0n) is 27.0. The van der Waals surface area contributed by atoms with Crippen LogP contribution in [0.3, 0.4) is 0 Å². The lowest BCUT2D eigenvalue weighted by Gasteiger charge is -2.51. The summed E-state index contributed by atoms with van der Waals surface area (Å²) in [6, 6.07) is 33.6. The first-order valence-electron chi connectivity index (χ1n) is 16.9. The molecule has 7 nitrogen and oxygen atoms in total. The first kappa shape index (κ1) is 30.4. The standard InChI is InChI=1S/C40H39FN4O3/c1-48-38-35-31(37(46)32(39(42)47)24-44(35)30-19-20-30)22-33(41)36(38)43-23-26-12-11-21-45(34(26)25-43)40(27-13-5-2-6-14-27,28-15-7-3-8-16-28)29-17-9-4-10-18-29/h2-10,13-18,22,24,26,30,34H,11-12,19-21,23,25H2,1H3,(H2,42,47). The molecule has 2 unspecified atom stereocenters. The molecule has 1 aromatic heterocycles. The Hall–Kier alpha value is -4.95. The Morgan fingerprint density at radius 1 is 0.875 bits per heavy atom. The number of carbonyl (C=O) groups is 1. The molecule has 3 fully saturated rings. The number of amides is 1. The van der Waals surface area contributed by atoms with Gasteiger partial charge in [0.2, 0.25) is 5.43 Å². The Morgan fingerprint density at radius 2 is 1.46 bits per heavy atom. The topological polar surface area (TPSA) is 80.8 Å². The second-order valence-electron chi connectivity index (χ2n) is 13.4. The molecule has 8 rings (SSSR count). The second kappa shape index (κ2) is 11.9. The quantitative estimate of drug-likeness (QED) is 0.196. The molecule has 48 heavy (non-hydrogen) atoms. The van der Waals surface area contributed by atoms with E-state index in [1.54, 1.807) is 0 Å². The maximum atomic E-state index is 16.5. The molecule has 1 aliphatic carbocycles. The van der Waals surface area contributed by atoms with E-state index in [1.807, 2.05) is 4.57 Å². The Kier molecular flexibility index (Phi) is 7.56. The largest absolute Gasteiger partial charge is 0.492 e. The van der Waals surface area contributed by atoms with Crippen LogP contribution in [0.25, 0.3) is 10.9 Å². The summed E-state index contributed by atoms with van der Waals surface area (Å²) < 4.78 is 24.4. The molecule has 3 heterocycles. The molecule has 0 spiro atoms. The van der Waals surface area contributed by atoms with Crippen molar-refractivity contribution < 1.29 is 13.9 Å². The number of benzene rings is 4. The second-order valence-corrected chi connectivity index (χ2v) is 13.4. The Balaban J connectivity index is 1.29. The monoisotopic (exact) mass is 642 g/mol. The van der Waals surface area contributed by atoms with Crippen molar-refractivity contribution in [1.29, 1.82) is 0 Å². The molecule has 0 bridgehead atoms. The maximum Gasteiger partial charge on any atom is 0.254 e. The van der Waals surface area contributed by atoms with Crippen LogP contribution in [-0.4, -0.2) is 48.2 Å². The van der Waals surface area contributed by atoms with Crippen LogP contribution in [-0.2, 0) is 5.54 Å². The van der Waals surface area contributed by atoms with Crippen molar-refractivity contribution in [3.63, 3.8) is 0 Å². The van der Waals surface area contributed by atoms with Gasteiger partial charge in [0, 0.05) is 37.9 Å². The number of halogens is 1. The summed E-state index contributed by atoms with van der Waals surface area (Å²) in [5.74, 6) is -0.749. The van der Waals surface area contributed by atoms with Crippen molar-refractivity contribution in [3.8, 4) is 5.75 Å². The first-order valence-corrected chi connectivity index (χ1v) is 16.9. The lowest BCUT2D eigenvalue weighted by atomic mass is 9.73. The number of aromatic nitrogens is 1. The van der Waals surface area contributed by atoms with E-state index < -0.39 is 22.7 Å². The van der Waals surface area contributed by atoms with Crippen molar-refractivity contribution in [2.24, 2.45) is 11.7 Å². The average molecular weight is 643 g/mol. The number of nitrogens with zero attached hydrogens (tertiary/aromatic N) is 3. The smallest absolute Gasteiger partial charge is 0.254 e. The molecule has 3 aliphatic rings. The maximum absolute atomic E-state index is 16.5. The van der Waals surface area contributed by atoms with Crippen LogP contribution in [0.1, 0.15) is 58.8 Å². The van der Waals surface area contributed by atoms with Gasteiger partial charge in [0.05, 0.1) is 23.6 Å². The fourth-order valence-corrected chi connectivity index (χ4v) is 8.56. The number of hydrogen-bond donors (Lipinski definition) is 1. The summed E-state index contributed by atoms with van der Waals surface area (Å²) >= 11 is 0. The van der Waals surface area contributed by atoms with Crippen LogP contribution in [0.4, 0.5) is 10.1 Å². The predicted molar refractivity (Wildman–Crippen MR) is 186 cm³/mol. The number of rotatable bonds is 8. The van der Waals surface area contributed by atoms with Crippen molar-refractivity contribution in [2.75, 3.05) is 31.6 Å². The van der Waals surface area contributed by atoms with E-state index in [0.717, 1.165) is 32.2 Å².